The van der Waals surface area contributed by atoms with Crippen LogP contribution in [0.5, 0.6) is 5.75 Å². The first kappa shape index (κ1) is 20.9. The zero-order chi connectivity index (χ0) is 20.8. The summed E-state index contributed by atoms with van der Waals surface area (Å²) in [5, 5.41) is 7.05. The topological polar surface area (TPSA) is 63.2 Å². The van der Waals surface area contributed by atoms with Gasteiger partial charge in [0.25, 0.3) is 5.91 Å². The van der Waals surface area contributed by atoms with Crippen molar-refractivity contribution in [2.75, 3.05) is 5.32 Å². The molecule has 0 fully saturated rings. The lowest BCUT2D eigenvalue weighted by atomic mass is 10.1. The van der Waals surface area contributed by atoms with Gasteiger partial charge in [-0.05, 0) is 56.5 Å². The van der Waals surface area contributed by atoms with Crippen LogP contribution in [0.15, 0.2) is 48.5 Å². The summed E-state index contributed by atoms with van der Waals surface area (Å²) in [5.41, 5.74) is 3.99. The second-order valence-corrected chi connectivity index (χ2v) is 8.06. The molecule has 0 bridgehead atoms. The molecule has 0 saturated heterocycles. The first-order valence-corrected chi connectivity index (χ1v) is 10.6. The average molecular weight is 410 g/mol. The van der Waals surface area contributed by atoms with Crippen LogP contribution in [0.3, 0.4) is 0 Å². The number of ether oxygens (including phenoxy) is 1. The number of nitrogens with zero attached hydrogens (tertiary/aromatic N) is 1. The minimum atomic E-state index is -0.112. The van der Waals surface area contributed by atoms with E-state index in [2.05, 4.69) is 28.6 Å². The Balaban J connectivity index is 1.62. The Morgan fingerprint density at radius 2 is 1.86 bits per heavy atom. The molecule has 1 aromatic heterocycles. The van der Waals surface area contributed by atoms with Crippen molar-refractivity contribution in [3.8, 4) is 5.75 Å². The number of benzene rings is 2. The Morgan fingerprint density at radius 3 is 2.55 bits per heavy atom. The summed E-state index contributed by atoms with van der Waals surface area (Å²) in [5.74, 6) is 0.718. The highest BCUT2D eigenvalue weighted by molar-refractivity contribution is 7.17. The number of nitrogens with one attached hydrogen (secondary N) is 2. The number of amides is 1. The van der Waals surface area contributed by atoms with Crippen LogP contribution in [-0.4, -0.2) is 17.0 Å². The molecule has 0 aliphatic carbocycles. The Labute approximate surface area is 176 Å². The van der Waals surface area contributed by atoms with Gasteiger partial charge in [0.15, 0.2) is 5.13 Å². The highest BCUT2D eigenvalue weighted by Crippen LogP contribution is 2.27. The van der Waals surface area contributed by atoms with E-state index in [4.69, 9.17) is 4.74 Å². The van der Waals surface area contributed by atoms with Crippen molar-refractivity contribution in [3.05, 3.63) is 70.2 Å². The van der Waals surface area contributed by atoms with E-state index in [1.54, 1.807) is 0 Å². The van der Waals surface area contributed by atoms with Crippen LogP contribution in [-0.2, 0) is 13.0 Å². The summed E-state index contributed by atoms with van der Waals surface area (Å²) in [6, 6.07) is 15.9. The van der Waals surface area contributed by atoms with E-state index in [1.165, 1.54) is 16.9 Å². The lowest BCUT2D eigenvalue weighted by molar-refractivity contribution is 0.0954. The zero-order valence-corrected chi connectivity index (χ0v) is 18.1. The van der Waals surface area contributed by atoms with E-state index < -0.39 is 0 Å². The minimum absolute atomic E-state index is 0.112. The number of hydrogen-bond donors (Lipinski definition) is 2. The van der Waals surface area contributed by atoms with E-state index in [0.29, 0.717) is 11.4 Å². The molecule has 152 valence electrons. The SMILES string of the molecule is CCc1ccccc1Nc1nc(C)c(C(=O)NCc2ccc(OC(C)C)cc2)s1. The zero-order valence-electron chi connectivity index (χ0n) is 17.3. The molecule has 0 unspecified atom stereocenters. The summed E-state index contributed by atoms with van der Waals surface area (Å²) >= 11 is 1.37. The van der Waals surface area contributed by atoms with Crippen molar-refractivity contribution in [1.82, 2.24) is 10.3 Å². The Hall–Kier alpha value is -2.86. The summed E-state index contributed by atoms with van der Waals surface area (Å²) in [4.78, 5) is 17.8. The maximum Gasteiger partial charge on any atom is 0.263 e. The molecule has 0 radical (unpaired) electrons. The Kier molecular flexibility index (Phi) is 6.88. The maximum absolute atomic E-state index is 12.6. The van der Waals surface area contributed by atoms with Crippen molar-refractivity contribution in [1.29, 1.82) is 0 Å². The molecule has 0 aliphatic heterocycles. The lowest BCUT2D eigenvalue weighted by Crippen LogP contribution is -2.22. The van der Waals surface area contributed by atoms with E-state index in [-0.39, 0.29) is 12.0 Å². The van der Waals surface area contributed by atoms with Crippen molar-refractivity contribution >= 4 is 28.1 Å². The molecule has 0 spiro atoms. The third-order valence-electron chi connectivity index (χ3n) is 4.39. The van der Waals surface area contributed by atoms with E-state index in [0.717, 1.165) is 34.2 Å². The third-order valence-corrected chi connectivity index (χ3v) is 5.46. The van der Waals surface area contributed by atoms with E-state index in [9.17, 15) is 4.79 Å². The molecule has 1 amide bonds. The number of aryl methyl sites for hydroxylation is 2. The second-order valence-electron chi connectivity index (χ2n) is 7.06. The fourth-order valence-corrected chi connectivity index (χ4v) is 3.84. The van der Waals surface area contributed by atoms with E-state index >= 15 is 0 Å². The smallest absolute Gasteiger partial charge is 0.263 e. The minimum Gasteiger partial charge on any atom is -0.491 e. The summed E-state index contributed by atoms with van der Waals surface area (Å²) in [6.07, 6.45) is 1.07. The molecule has 1 heterocycles. The van der Waals surface area contributed by atoms with Crippen LogP contribution >= 0.6 is 11.3 Å². The predicted octanol–water partition coefficient (Wildman–Crippen LogP) is 5.47. The standard InChI is InChI=1S/C23H27N3O2S/c1-5-18-8-6-7-9-20(18)26-23-25-16(4)21(29-23)22(27)24-14-17-10-12-19(13-11-17)28-15(2)3/h6-13,15H,5,14H2,1-4H3,(H,24,27)(H,25,26). The Bertz CT molecular complexity index is 965. The highest BCUT2D eigenvalue weighted by Gasteiger charge is 2.16. The van der Waals surface area contributed by atoms with Crippen LogP contribution in [0.2, 0.25) is 0 Å². The molecule has 3 aromatic rings. The average Bonchev–Trinajstić information content (AvgIpc) is 3.07. The largest absolute Gasteiger partial charge is 0.491 e. The maximum atomic E-state index is 12.6. The van der Waals surface area contributed by atoms with Gasteiger partial charge >= 0.3 is 0 Å². The number of rotatable bonds is 8. The normalized spacial score (nSPS) is 10.8. The Morgan fingerprint density at radius 1 is 1.14 bits per heavy atom. The lowest BCUT2D eigenvalue weighted by Gasteiger charge is -2.10. The van der Waals surface area contributed by atoms with Crippen molar-refractivity contribution in [3.63, 3.8) is 0 Å². The van der Waals surface area contributed by atoms with Gasteiger partial charge in [0.05, 0.1) is 11.8 Å². The number of thiazole rings is 1. The summed E-state index contributed by atoms with van der Waals surface area (Å²) in [7, 11) is 0. The van der Waals surface area contributed by atoms with Gasteiger partial charge in [-0.15, -0.1) is 0 Å². The van der Waals surface area contributed by atoms with Crippen molar-refractivity contribution in [2.24, 2.45) is 0 Å². The molecule has 0 atom stereocenters. The fourth-order valence-electron chi connectivity index (χ4n) is 2.95. The number of aromatic nitrogens is 1. The van der Waals surface area contributed by atoms with Gasteiger partial charge in [0, 0.05) is 12.2 Å². The molecule has 2 aromatic carbocycles. The monoisotopic (exact) mass is 409 g/mol. The molecular formula is C23H27N3O2S. The molecule has 5 nitrogen and oxygen atoms in total. The quantitative estimate of drug-likeness (QED) is 0.517. The van der Waals surface area contributed by atoms with Gasteiger partial charge in [-0.1, -0.05) is 48.6 Å². The van der Waals surface area contributed by atoms with E-state index in [1.807, 2.05) is 63.2 Å². The van der Waals surface area contributed by atoms with Gasteiger partial charge in [-0.25, -0.2) is 4.98 Å². The van der Waals surface area contributed by atoms with Gasteiger partial charge < -0.3 is 15.4 Å². The number of para-hydroxylation sites is 1. The van der Waals surface area contributed by atoms with Crippen molar-refractivity contribution in [2.45, 2.75) is 46.8 Å². The van der Waals surface area contributed by atoms with Crippen LogP contribution in [0.4, 0.5) is 10.8 Å². The first-order valence-electron chi connectivity index (χ1n) is 9.82. The first-order chi connectivity index (χ1) is 14.0. The van der Waals surface area contributed by atoms with Gasteiger partial charge in [0.1, 0.15) is 10.6 Å². The second kappa shape index (κ2) is 9.56. The number of carbonyl (C=O) groups is 1. The van der Waals surface area contributed by atoms with Crippen LogP contribution in [0.1, 0.15) is 47.3 Å². The van der Waals surface area contributed by atoms with Gasteiger partial charge in [0.2, 0.25) is 0 Å². The van der Waals surface area contributed by atoms with Gasteiger partial charge in [-0.3, -0.25) is 4.79 Å². The summed E-state index contributed by atoms with van der Waals surface area (Å²) in [6.45, 7) is 8.43. The van der Waals surface area contributed by atoms with Crippen LogP contribution in [0, 0.1) is 6.92 Å². The molecule has 29 heavy (non-hydrogen) atoms. The molecule has 0 saturated carbocycles. The number of anilines is 2. The molecule has 3 rings (SSSR count). The predicted molar refractivity (Wildman–Crippen MR) is 119 cm³/mol. The highest BCUT2D eigenvalue weighted by atomic mass is 32.1. The molecular weight excluding hydrogens is 382 g/mol. The summed E-state index contributed by atoms with van der Waals surface area (Å²) < 4.78 is 5.65. The fraction of sp³-hybridized carbons (Fsp3) is 0.304. The molecule has 0 aliphatic rings. The third kappa shape index (κ3) is 5.57. The molecule has 2 N–H and O–H groups in total. The van der Waals surface area contributed by atoms with Crippen molar-refractivity contribution < 1.29 is 9.53 Å². The van der Waals surface area contributed by atoms with Gasteiger partial charge in [-0.2, -0.15) is 0 Å². The van der Waals surface area contributed by atoms with Crippen LogP contribution in [0.25, 0.3) is 0 Å². The number of hydrogen-bond acceptors (Lipinski definition) is 5. The number of carbonyl (C=O) groups excluding carboxylic acids is 1. The molecule has 6 heteroatoms. The van der Waals surface area contributed by atoms with Crippen LogP contribution < -0.4 is 15.4 Å².